The molecule has 1 aromatic carbocycles. The van der Waals surface area contributed by atoms with Gasteiger partial charge in [0.1, 0.15) is 17.4 Å². The molecule has 0 aliphatic carbocycles. The smallest absolute Gasteiger partial charge is 0.257 e. The summed E-state index contributed by atoms with van der Waals surface area (Å²) in [7, 11) is 1.21. The number of nitrogens with two attached hydrogens (primary N) is 1. The molecule has 1 atom stereocenters. The number of halogens is 4. The Morgan fingerprint density at radius 1 is 1.20 bits per heavy atom. The van der Waals surface area contributed by atoms with Gasteiger partial charge in [-0.3, -0.25) is 0 Å². The zero-order chi connectivity index (χ0) is 11.6. The third kappa shape index (κ3) is 2.38. The molecule has 0 bridgehead atoms. The highest BCUT2D eigenvalue weighted by atomic mass is 19.3. The summed E-state index contributed by atoms with van der Waals surface area (Å²) in [5.74, 6) is -2.37. The van der Waals surface area contributed by atoms with Crippen LogP contribution in [0.25, 0.3) is 0 Å². The quantitative estimate of drug-likeness (QED) is 0.797. The van der Waals surface area contributed by atoms with Crippen molar-refractivity contribution >= 4 is 0 Å². The Hall–Kier alpha value is -1.30. The van der Waals surface area contributed by atoms with E-state index >= 15 is 0 Å². The molecule has 2 nitrogen and oxygen atoms in total. The molecule has 0 saturated carbocycles. The Morgan fingerprint density at radius 3 is 2.00 bits per heavy atom. The molecular formula is C9H9F4NO. The number of ether oxygens (including phenoxy) is 1. The van der Waals surface area contributed by atoms with E-state index in [1.807, 2.05) is 0 Å². The van der Waals surface area contributed by atoms with Crippen LogP contribution in [0.2, 0.25) is 0 Å². The van der Waals surface area contributed by atoms with E-state index in [0.717, 1.165) is 12.1 Å². The highest BCUT2D eigenvalue weighted by Gasteiger charge is 2.25. The van der Waals surface area contributed by atoms with Crippen molar-refractivity contribution in [3.05, 3.63) is 29.3 Å². The van der Waals surface area contributed by atoms with Crippen molar-refractivity contribution in [2.75, 3.05) is 7.11 Å². The molecule has 1 rings (SSSR count). The maximum absolute atomic E-state index is 13.2. The van der Waals surface area contributed by atoms with Gasteiger partial charge in [-0.15, -0.1) is 0 Å². The van der Waals surface area contributed by atoms with Gasteiger partial charge in [-0.1, -0.05) is 0 Å². The van der Waals surface area contributed by atoms with Crippen molar-refractivity contribution in [1.29, 1.82) is 0 Å². The Kier molecular flexibility index (Phi) is 3.52. The standard InChI is InChI=1S/C9H9F4NO/c1-15-4-2-5(10)7(6(11)3-4)8(14)9(12)13/h2-3,8-9H,14H2,1H3. The van der Waals surface area contributed by atoms with Gasteiger partial charge in [-0.2, -0.15) is 0 Å². The normalized spacial score (nSPS) is 13.0. The van der Waals surface area contributed by atoms with Gasteiger partial charge >= 0.3 is 0 Å². The molecule has 0 aliphatic heterocycles. The summed E-state index contributed by atoms with van der Waals surface area (Å²) in [6.07, 6.45) is -3.03. The zero-order valence-corrected chi connectivity index (χ0v) is 7.81. The van der Waals surface area contributed by atoms with Gasteiger partial charge in [0.05, 0.1) is 13.2 Å². The van der Waals surface area contributed by atoms with Crippen molar-refractivity contribution in [2.45, 2.75) is 12.5 Å². The summed E-state index contributed by atoms with van der Waals surface area (Å²) in [6, 6.07) is -0.364. The second-order valence-corrected chi connectivity index (χ2v) is 2.86. The lowest BCUT2D eigenvalue weighted by atomic mass is 10.1. The lowest BCUT2D eigenvalue weighted by molar-refractivity contribution is 0.113. The first-order chi connectivity index (χ1) is 6.97. The molecular weight excluding hydrogens is 214 g/mol. The number of methoxy groups -OCH3 is 1. The van der Waals surface area contributed by atoms with Gasteiger partial charge in [0, 0.05) is 17.7 Å². The average Bonchev–Trinajstić information content (AvgIpc) is 2.16. The van der Waals surface area contributed by atoms with Gasteiger partial charge in [0.15, 0.2) is 0 Å². The van der Waals surface area contributed by atoms with E-state index in [2.05, 4.69) is 4.74 Å². The molecule has 0 spiro atoms. The van der Waals surface area contributed by atoms with Crippen molar-refractivity contribution in [2.24, 2.45) is 5.73 Å². The summed E-state index contributed by atoms with van der Waals surface area (Å²) in [4.78, 5) is 0. The van der Waals surface area contributed by atoms with E-state index in [1.165, 1.54) is 7.11 Å². The molecule has 0 aromatic heterocycles. The largest absolute Gasteiger partial charge is 0.497 e. The molecule has 1 unspecified atom stereocenters. The van der Waals surface area contributed by atoms with E-state index in [-0.39, 0.29) is 5.75 Å². The van der Waals surface area contributed by atoms with Gasteiger partial charge in [0.25, 0.3) is 6.43 Å². The van der Waals surface area contributed by atoms with E-state index < -0.39 is 29.7 Å². The molecule has 0 amide bonds. The molecule has 2 N–H and O–H groups in total. The van der Waals surface area contributed by atoms with Crippen molar-refractivity contribution in [1.82, 2.24) is 0 Å². The van der Waals surface area contributed by atoms with Gasteiger partial charge in [-0.25, -0.2) is 17.6 Å². The van der Waals surface area contributed by atoms with E-state index in [1.54, 1.807) is 0 Å². The third-order valence-electron chi connectivity index (χ3n) is 1.89. The van der Waals surface area contributed by atoms with Crippen LogP contribution in [-0.2, 0) is 0 Å². The Bertz CT molecular complexity index is 333. The van der Waals surface area contributed by atoms with Gasteiger partial charge in [-0.05, 0) is 0 Å². The molecule has 0 saturated heterocycles. The minimum Gasteiger partial charge on any atom is -0.497 e. The first-order valence-corrected chi connectivity index (χ1v) is 4.04. The molecule has 1 aromatic rings. The topological polar surface area (TPSA) is 35.2 Å². The van der Waals surface area contributed by atoms with Gasteiger partial charge < -0.3 is 10.5 Å². The third-order valence-corrected chi connectivity index (χ3v) is 1.89. The van der Waals surface area contributed by atoms with Crippen LogP contribution < -0.4 is 10.5 Å². The number of rotatable bonds is 3. The van der Waals surface area contributed by atoms with E-state index in [9.17, 15) is 17.6 Å². The molecule has 84 valence electrons. The lowest BCUT2D eigenvalue weighted by Gasteiger charge is -2.13. The monoisotopic (exact) mass is 223 g/mol. The summed E-state index contributed by atoms with van der Waals surface area (Å²) in [6.45, 7) is 0. The molecule has 0 heterocycles. The summed E-state index contributed by atoms with van der Waals surface area (Å²) in [5, 5.41) is 0. The average molecular weight is 223 g/mol. The van der Waals surface area contributed by atoms with Crippen LogP contribution in [-0.4, -0.2) is 13.5 Å². The minimum atomic E-state index is -3.03. The van der Waals surface area contributed by atoms with Crippen LogP contribution >= 0.6 is 0 Å². The highest BCUT2D eigenvalue weighted by molar-refractivity contribution is 5.32. The summed E-state index contributed by atoms with van der Waals surface area (Å²) in [5.41, 5.74) is 4.13. The fourth-order valence-electron chi connectivity index (χ4n) is 1.12. The molecule has 0 fully saturated rings. The van der Waals surface area contributed by atoms with Crippen molar-refractivity contribution in [3.63, 3.8) is 0 Å². The lowest BCUT2D eigenvalue weighted by Crippen LogP contribution is -2.21. The van der Waals surface area contributed by atoms with Crippen LogP contribution in [0.1, 0.15) is 11.6 Å². The predicted molar refractivity (Wildman–Crippen MR) is 45.8 cm³/mol. The fraction of sp³-hybridized carbons (Fsp3) is 0.333. The molecule has 15 heavy (non-hydrogen) atoms. The van der Waals surface area contributed by atoms with E-state index in [0.29, 0.717) is 0 Å². The second-order valence-electron chi connectivity index (χ2n) is 2.86. The van der Waals surface area contributed by atoms with Crippen LogP contribution in [0.5, 0.6) is 5.75 Å². The Morgan fingerprint density at radius 2 is 1.67 bits per heavy atom. The number of benzene rings is 1. The number of hydrogen-bond donors (Lipinski definition) is 1. The first-order valence-electron chi connectivity index (χ1n) is 4.04. The Labute approximate surface area is 83.6 Å². The highest BCUT2D eigenvalue weighted by Crippen LogP contribution is 2.27. The van der Waals surface area contributed by atoms with Crippen LogP contribution in [0.3, 0.4) is 0 Å². The van der Waals surface area contributed by atoms with Crippen molar-refractivity contribution < 1.29 is 22.3 Å². The fourth-order valence-corrected chi connectivity index (χ4v) is 1.12. The predicted octanol–water partition coefficient (Wildman–Crippen LogP) is 2.24. The maximum atomic E-state index is 13.2. The first kappa shape index (κ1) is 11.8. The summed E-state index contributed by atoms with van der Waals surface area (Å²) < 4.78 is 55.2. The number of alkyl halides is 2. The Balaban J connectivity index is 3.19. The van der Waals surface area contributed by atoms with Crippen molar-refractivity contribution in [3.8, 4) is 5.75 Å². The summed E-state index contributed by atoms with van der Waals surface area (Å²) >= 11 is 0. The molecule has 6 heteroatoms. The van der Waals surface area contributed by atoms with Crippen LogP contribution in [0, 0.1) is 11.6 Å². The van der Waals surface area contributed by atoms with Crippen LogP contribution in [0.15, 0.2) is 12.1 Å². The molecule has 0 radical (unpaired) electrons. The molecule has 0 aliphatic rings. The van der Waals surface area contributed by atoms with Gasteiger partial charge in [0.2, 0.25) is 0 Å². The maximum Gasteiger partial charge on any atom is 0.257 e. The minimum absolute atomic E-state index is 0.0878. The SMILES string of the molecule is COc1cc(F)c(C(N)C(F)F)c(F)c1. The zero-order valence-electron chi connectivity index (χ0n) is 7.81. The second kappa shape index (κ2) is 4.48. The van der Waals surface area contributed by atoms with Crippen LogP contribution in [0.4, 0.5) is 17.6 Å². The van der Waals surface area contributed by atoms with E-state index in [4.69, 9.17) is 5.73 Å². The number of hydrogen-bond acceptors (Lipinski definition) is 2.